The van der Waals surface area contributed by atoms with Crippen LogP contribution in [0.25, 0.3) is 0 Å². The Labute approximate surface area is 168 Å². The number of thioether (sulfide) groups is 1. The molecule has 1 aromatic heterocycles. The van der Waals surface area contributed by atoms with E-state index in [2.05, 4.69) is 16.7 Å². The molecule has 0 fully saturated rings. The van der Waals surface area contributed by atoms with Crippen molar-refractivity contribution in [2.24, 2.45) is 0 Å². The average molecular weight is 395 g/mol. The second kappa shape index (κ2) is 8.28. The Morgan fingerprint density at radius 1 is 1.29 bits per heavy atom. The van der Waals surface area contributed by atoms with Gasteiger partial charge in [-0.25, -0.2) is 0 Å². The second-order valence-electron chi connectivity index (χ2n) is 6.26. The minimum absolute atomic E-state index is 0.318. The zero-order valence-electron chi connectivity index (χ0n) is 16.1. The van der Waals surface area contributed by atoms with Crippen LogP contribution >= 0.6 is 11.8 Å². The first-order valence-electron chi connectivity index (χ1n) is 8.66. The number of carbonyl (C=O) groups excluding carboxylic acids is 1. The van der Waals surface area contributed by atoms with Gasteiger partial charge in [0.05, 0.1) is 41.0 Å². The number of nitrogens with zero attached hydrogens (tertiary/aromatic N) is 1. The smallest absolute Gasteiger partial charge is 0.254 e. The number of hydrogen-bond donors (Lipinski definition) is 2. The highest BCUT2D eigenvalue weighted by atomic mass is 32.2. The van der Waals surface area contributed by atoms with Gasteiger partial charge in [-0.2, -0.15) is 5.26 Å². The lowest BCUT2D eigenvalue weighted by atomic mass is 9.85. The van der Waals surface area contributed by atoms with Crippen LogP contribution in [0, 0.1) is 18.3 Å². The maximum absolute atomic E-state index is 13.2. The van der Waals surface area contributed by atoms with E-state index in [1.54, 1.807) is 19.2 Å². The van der Waals surface area contributed by atoms with E-state index in [1.807, 2.05) is 44.4 Å². The highest BCUT2D eigenvalue weighted by Gasteiger charge is 2.36. The van der Waals surface area contributed by atoms with Crippen molar-refractivity contribution in [3.05, 3.63) is 69.8 Å². The fourth-order valence-corrected chi connectivity index (χ4v) is 3.84. The van der Waals surface area contributed by atoms with Gasteiger partial charge in [-0.3, -0.25) is 4.79 Å². The number of rotatable bonds is 5. The van der Waals surface area contributed by atoms with Gasteiger partial charge in [-0.05, 0) is 44.4 Å². The highest BCUT2D eigenvalue weighted by Crippen LogP contribution is 2.41. The number of allylic oxidation sites excluding steroid dienone is 2. The molecule has 1 aromatic carbocycles. The normalized spacial score (nSPS) is 16.5. The molecule has 144 valence electrons. The Bertz CT molecular complexity index is 1010. The summed E-state index contributed by atoms with van der Waals surface area (Å²) in [5.74, 6) is 0.938. The third kappa shape index (κ3) is 3.64. The van der Waals surface area contributed by atoms with Gasteiger partial charge >= 0.3 is 0 Å². The number of para-hydroxylation sites is 2. The molecule has 1 atom stereocenters. The maximum atomic E-state index is 13.2. The van der Waals surface area contributed by atoms with Gasteiger partial charge in [0.25, 0.3) is 5.91 Å². The highest BCUT2D eigenvalue weighted by molar-refractivity contribution is 8.02. The van der Waals surface area contributed by atoms with Crippen LogP contribution in [-0.2, 0) is 4.79 Å². The van der Waals surface area contributed by atoms with Crippen LogP contribution in [0.2, 0.25) is 0 Å². The van der Waals surface area contributed by atoms with Gasteiger partial charge in [0.15, 0.2) is 0 Å². The number of amides is 1. The minimum Gasteiger partial charge on any atom is -0.495 e. The summed E-state index contributed by atoms with van der Waals surface area (Å²) in [6, 6.07) is 13.1. The summed E-state index contributed by atoms with van der Waals surface area (Å²) in [6.07, 6.45) is 1.89. The number of carbonyl (C=O) groups is 1. The topological polar surface area (TPSA) is 87.3 Å². The quantitative estimate of drug-likeness (QED) is 0.785. The molecule has 0 spiro atoms. The standard InChI is InChI=1S/C21H21N3O3S/c1-12-9-10-17(27-12)19-14(11-22)21(28-4)23-13(2)18(19)20(25)24-15-7-5-6-8-16(15)26-3/h5-10,19,23H,1-4H3,(H,24,25)/t19-/m0/s1. The molecule has 1 aliphatic heterocycles. The Balaban J connectivity index is 2.06. The van der Waals surface area contributed by atoms with Crippen LogP contribution in [0.1, 0.15) is 24.4 Å². The number of anilines is 1. The molecule has 2 aromatic rings. The maximum Gasteiger partial charge on any atom is 0.254 e. The largest absolute Gasteiger partial charge is 0.495 e. The van der Waals surface area contributed by atoms with Gasteiger partial charge in [0.2, 0.25) is 0 Å². The van der Waals surface area contributed by atoms with Gasteiger partial charge in [-0.15, -0.1) is 11.8 Å². The van der Waals surface area contributed by atoms with Crippen LogP contribution < -0.4 is 15.4 Å². The number of aryl methyl sites for hydroxylation is 1. The van der Waals surface area contributed by atoms with E-state index in [9.17, 15) is 10.1 Å². The molecular weight excluding hydrogens is 374 g/mol. The molecule has 3 rings (SSSR count). The van der Waals surface area contributed by atoms with Gasteiger partial charge in [-0.1, -0.05) is 12.1 Å². The lowest BCUT2D eigenvalue weighted by Crippen LogP contribution is -2.30. The summed E-state index contributed by atoms with van der Waals surface area (Å²) in [5.41, 5.74) is 2.13. The number of nitrogens with one attached hydrogen (secondary N) is 2. The number of ether oxygens (including phenoxy) is 1. The molecule has 28 heavy (non-hydrogen) atoms. The molecule has 0 aliphatic carbocycles. The zero-order chi connectivity index (χ0) is 20.3. The zero-order valence-corrected chi connectivity index (χ0v) is 16.9. The lowest BCUT2D eigenvalue weighted by molar-refractivity contribution is -0.113. The molecule has 0 saturated carbocycles. The third-order valence-corrected chi connectivity index (χ3v) is 5.23. The van der Waals surface area contributed by atoms with E-state index in [0.717, 1.165) is 5.76 Å². The van der Waals surface area contributed by atoms with Crippen LogP contribution in [0.4, 0.5) is 5.69 Å². The van der Waals surface area contributed by atoms with Gasteiger partial charge < -0.3 is 19.8 Å². The van der Waals surface area contributed by atoms with Crippen molar-refractivity contribution in [3.8, 4) is 11.8 Å². The summed E-state index contributed by atoms with van der Waals surface area (Å²) < 4.78 is 11.1. The summed E-state index contributed by atoms with van der Waals surface area (Å²) >= 11 is 1.43. The molecule has 0 bridgehead atoms. The van der Waals surface area contributed by atoms with E-state index in [0.29, 0.717) is 39.1 Å². The van der Waals surface area contributed by atoms with E-state index in [1.165, 1.54) is 11.8 Å². The van der Waals surface area contributed by atoms with E-state index < -0.39 is 5.92 Å². The molecule has 2 heterocycles. The van der Waals surface area contributed by atoms with Crippen LogP contribution in [0.5, 0.6) is 5.75 Å². The Kier molecular flexibility index (Phi) is 5.81. The fraction of sp³-hybridized carbons (Fsp3) is 0.238. The number of methoxy groups -OCH3 is 1. The second-order valence-corrected chi connectivity index (χ2v) is 7.07. The van der Waals surface area contributed by atoms with Crippen molar-refractivity contribution in [2.75, 3.05) is 18.7 Å². The molecular formula is C21H21N3O3S. The average Bonchev–Trinajstić information content (AvgIpc) is 3.13. The number of furan rings is 1. The third-order valence-electron chi connectivity index (χ3n) is 4.50. The van der Waals surface area contributed by atoms with Crippen molar-refractivity contribution in [1.29, 1.82) is 5.26 Å². The molecule has 7 heteroatoms. The van der Waals surface area contributed by atoms with Crippen LogP contribution in [0.3, 0.4) is 0 Å². The van der Waals surface area contributed by atoms with Crippen LogP contribution in [0.15, 0.2) is 62.7 Å². The van der Waals surface area contributed by atoms with E-state index in [4.69, 9.17) is 9.15 Å². The monoisotopic (exact) mass is 395 g/mol. The van der Waals surface area contributed by atoms with Crippen molar-refractivity contribution < 1.29 is 13.9 Å². The predicted molar refractivity (Wildman–Crippen MR) is 110 cm³/mol. The van der Waals surface area contributed by atoms with Crippen molar-refractivity contribution in [2.45, 2.75) is 19.8 Å². The lowest BCUT2D eigenvalue weighted by Gasteiger charge is -2.28. The SMILES string of the molecule is COc1ccccc1NC(=O)C1=C(C)NC(SC)=C(C#N)[C@H]1c1ccc(C)o1. The molecule has 0 unspecified atom stereocenters. The first-order valence-corrected chi connectivity index (χ1v) is 9.89. The summed E-state index contributed by atoms with van der Waals surface area (Å²) in [4.78, 5) is 13.2. The van der Waals surface area contributed by atoms with Crippen molar-refractivity contribution in [3.63, 3.8) is 0 Å². The Hall–Kier alpha value is -3.11. The van der Waals surface area contributed by atoms with Crippen molar-refractivity contribution >= 4 is 23.4 Å². The van der Waals surface area contributed by atoms with Gasteiger partial charge in [0, 0.05) is 5.70 Å². The number of hydrogen-bond acceptors (Lipinski definition) is 6. The first-order chi connectivity index (χ1) is 13.5. The Morgan fingerprint density at radius 2 is 2.04 bits per heavy atom. The Morgan fingerprint density at radius 3 is 2.64 bits per heavy atom. The first kappa shape index (κ1) is 19.6. The molecule has 1 aliphatic rings. The summed E-state index contributed by atoms with van der Waals surface area (Å²) in [6.45, 7) is 3.66. The fourth-order valence-electron chi connectivity index (χ4n) is 3.21. The molecule has 0 saturated heterocycles. The summed E-state index contributed by atoms with van der Waals surface area (Å²) in [5, 5.41) is 16.6. The molecule has 0 radical (unpaired) electrons. The molecule has 6 nitrogen and oxygen atoms in total. The van der Waals surface area contributed by atoms with E-state index >= 15 is 0 Å². The summed E-state index contributed by atoms with van der Waals surface area (Å²) in [7, 11) is 1.55. The number of nitriles is 1. The number of dihydropyridines is 1. The van der Waals surface area contributed by atoms with E-state index in [-0.39, 0.29) is 5.91 Å². The van der Waals surface area contributed by atoms with Crippen LogP contribution in [-0.4, -0.2) is 19.3 Å². The van der Waals surface area contributed by atoms with Gasteiger partial charge in [0.1, 0.15) is 17.3 Å². The minimum atomic E-state index is -0.586. The predicted octanol–water partition coefficient (Wildman–Crippen LogP) is 4.29. The number of benzene rings is 1. The molecule has 2 N–H and O–H groups in total. The molecule has 1 amide bonds. The van der Waals surface area contributed by atoms with Crippen molar-refractivity contribution in [1.82, 2.24) is 5.32 Å².